The van der Waals surface area contributed by atoms with Gasteiger partial charge in [-0.15, -0.1) is 0 Å². The summed E-state index contributed by atoms with van der Waals surface area (Å²) in [5.74, 6) is -0.245. The number of thiophene rings is 1. The molecule has 0 amide bonds. The molecule has 2 rings (SSSR count). The lowest BCUT2D eigenvalue weighted by molar-refractivity contribution is -0.380. The van der Waals surface area contributed by atoms with Crippen LogP contribution in [0.15, 0.2) is 12.1 Å². The van der Waals surface area contributed by atoms with Crippen molar-refractivity contribution in [3.63, 3.8) is 0 Å². The number of ether oxygens (including phenoxy) is 1. The molecule has 1 atom stereocenters. The van der Waals surface area contributed by atoms with Crippen LogP contribution in [0.5, 0.6) is 0 Å². The molecule has 8 heteroatoms. The maximum Gasteiger partial charge on any atom is 0.324 e. The standard InChI is InChI=1S/C12H17N3O4S/c1-2-19-12(16)10-7-13-5-6-14(10)8-9-3-4-11(20-9)15(17)18/h3-4,10,13H,2,5-8H2,1H3. The lowest BCUT2D eigenvalue weighted by Gasteiger charge is -2.33. The van der Waals surface area contributed by atoms with E-state index in [1.807, 2.05) is 4.90 Å². The molecular formula is C12H17N3O4S. The number of esters is 1. The van der Waals surface area contributed by atoms with E-state index >= 15 is 0 Å². The molecule has 0 saturated carbocycles. The van der Waals surface area contributed by atoms with Gasteiger partial charge in [0.05, 0.1) is 11.5 Å². The summed E-state index contributed by atoms with van der Waals surface area (Å²) < 4.78 is 5.07. The average Bonchev–Trinajstić information content (AvgIpc) is 2.88. The first kappa shape index (κ1) is 14.9. The Morgan fingerprint density at radius 1 is 1.65 bits per heavy atom. The van der Waals surface area contributed by atoms with E-state index in [9.17, 15) is 14.9 Å². The summed E-state index contributed by atoms with van der Waals surface area (Å²) in [7, 11) is 0. The van der Waals surface area contributed by atoms with E-state index in [1.54, 1.807) is 13.0 Å². The zero-order valence-electron chi connectivity index (χ0n) is 11.2. The summed E-state index contributed by atoms with van der Waals surface area (Å²) in [5.41, 5.74) is 0. The highest BCUT2D eigenvalue weighted by molar-refractivity contribution is 7.15. The van der Waals surface area contributed by atoms with E-state index < -0.39 is 4.92 Å². The van der Waals surface area contributed by atoms with Crippen molar-refractivity contribution in [3.05, 3.63) is 27.1 Å². The van der Waals surface area contributed by atoms with Crippen molar-refractivity contribution in [2.75, 3.05) is 26.2 Å². The third-order valence-electron chi connectivity index (χ3n) is 3.10. The van der Waals surface area contributed by atoms with Crippen LogP contribution in [0.1, 0.15) is 11.8 Å². The van der Waals surface area contributed by atoms with Gasteiger partial charge in [0, 0.05) is 37.1 Å². The van der Waals surface area contributed by atoms with E-state index in [4.69, 9.17) is 4.74 Å². The van der Waals surface area contributed by atoms with Gasteiger partial charge in [-0.05, 0) is 13.0 Å². The molecule has 1 N–H and O–H groups in total. The highest BCUT2D eigenvalue weighted by Crippen LogP contribution is 2.25. The maximum atomic E-state index is 11.9. The Morgan fingerprint density at radius 2 is 2.45 bits per heavy atom. The molecule has 1 saturated heterocycles. The highest BCUT2D eigenvalue weighted by Gasteiger charge is 2.30. The summed E-state index contributed by atoms with van der Waals surface area (Å²) in [6.07, 6.45) is 0. The third kappa shape index (κ3) is 3.53. The van der Waals surface area contributed by atoms with Crippen LogP contribution in [-0.4, -0.2) is 48.1 Å². The van der Waals surface area contributed by atoms with Crippen molar-refractivity contribution in [3.8, 4) is 0 Å². The zero-order valence-corrected chi connectivity index (χ0v) is 12.0. The number of hydrogen-bond acceptors (Lipinski definition) is 7. The van der Waals surface area contributed by atoms with Crippen LogP contribution in [0.2, 0.25) is 0 Å². The smallest absolute Gasteiger partial charge is 0.324 e. The van der Waals surface area contributed by atoms with Gasteiger partial charge in [-0.3, -0.25) is 19.8 Å². The minimum Gasteiger partial charge on any atom is -0.465 e. The number of piperazine rings is 1. The molecule has 0 aliphatic carbocycles. The van der Waals surface area contributed by atoms with Crippen LogP contribution in [-0.2, 0) is 16.1 Å². The highest BCUT2D eigenvalue weighted by atomic mass is 32.1. The summed E-state index contributed by atoms with van der Waals surface area (Å²) >= 11 is 1.15. The summed E-state index contributed by atoms with van der Waals surface area (Å²) in [6.45, 7) is 4.73. The molecule has 1 aromatic rings. The van der Waals surface area contributed by atoms with E-state index in [0.29, 0.717) is 19.7 Å². The van der Waals surface area contributed by atoms with E-state index in [0.717, 1.165) is 29.3 Å². The fourth-order valence-electron chi connectivity index (χ4n) is 2.16. The van der Waals surface area contributed by atoms with Gasteiger partial charge in [0.2, 0.25) is 0 Å². The molecule has 1 fully saturated rings. The van der Waals surface area contributed by atoms with Gasteiger partial charge in [0.1, 0.15) is 6.04 Å². The summed E-state index contributed by atoms with van der Waals surface area (Å²) in [5, 5.41) is 14.0. The van der Waals surface area contributed by atoms with Crippen molar-refractivity contribution in [1.82, 2.24) is 10.2 Å². The van der Waals surface area contributed by atoms with Gasteiger partial charge >= 0.3 is 11.0 Å². The van der Waals surface area contributed by atoms with Crippen molar-refractivity contribution in [2.24, 2.45) is 0 Å². The van der Waals surface area contributed by atoms with E-state index in [-0.39, 0.29) is 17.0 Å². The van der Waals surface area contributed by atoms with Crippen LogP contribution in [0, 0.1) is 10.1 Å². The lowest BCUT2D eigenvalue weighted by Crippen LogP contribution is -2.54. The fourth-order valence-corrected chi connectivity index (χ4v) is 3.00. The van der Waals surface area contributed by atoms with Gasteiger partial charge in [0.15, 0.2) is 0 Å². The lowest BCUT2D eigenvalue weighted by atomic mass is 10.2. The fraction of sp³-hybridized carbons (Fsp3) is 0.583. The largest absolute Gasteiger partial charge is 0.465 e. The zero-order chi connectivity index (χ0) is 14.5. The Balaban J connectivity index is 2.04. The van der Waals surface area contributed by atoms with Crippen LogP contribution in [0.4, 0.5) is 5.00 Å². The van der Waals surface area contributed by atoms with Gasteiger partial charge < -0.3 is 10.1 Å². The molecule has 1 unspecified atom stereocenters. The maximum absolute atomic E-state index is 11.9. The molecule has 1 aliphatic heterocycles. The average molecular weight is 299 g/mol. The van der Waals surface area contributed by atoms with Crippen molar-refractivity contribution >= 4 is 22.3 Å². The number of nitrogens with zero attached hydrogens (tertiary/aromatic N) is 2. The first-order chi connectivity index (χ1) is 9.61. The Hall–Kier alpha value is -1.51. The topological polar surface area (TPSA) is 84.7 Å². The van der Waals surface area contributed by atoms with E-state index in [2.05, 4.69) is 5.32 Å². The third-order valence-corrected chi connectivity index (χ3v) is 4.12. The minimum atomic E-state index is -0.394. The van der Waals surface area contributed by atoms with Crippen LogP contribution < -0.4 is 5.32 Å². The van der Waals surface area contributed by atoms with Crippen molar-refractivity contribution < 1.29 is 14.5 Å². The minimum absolute atomic E-state index is 0.128. The molecule has 20 heavy (non-hydrogen) atoms. The Bertz CT molecular complexity index is 491. The van der Waals surface area contributed by atoms with Gasteiger partial charge in [-0.25, -0.2) is 0 Å². The van der Waals surface area contributed by atoms with Crippen LogP contribution >= 0.6 is 11.3 Å². The van der Waals surface area contributed by atoms with Crippen molar-refractivity contribution in [1.29, 1.82) is 0 Å². The molecule has 110 valence electrons. The van der Waals surface area contributed by atoms with E-state index in [1.165, 1.54) is 6.07 Å². The number of carbonyl (C=O) groups excluding carboxylic acids is 1. The number of carbonyl (C=O) groups is 1. The Morgan fingerprint density at radius 3 is 3.10 bits per heavy atom. The summed E-state index contributed by atoms with van der Waals surface area (Å²) in [4.78, 5) is 25.1. The second-order valence-electron chi connectivity index (χ2n) is 4.44. The predicted octanol–water partition coefficient (Wildman–Crippen LogP) is 0.993. The van der Waals surface area contributed by atoms with Crippen LogP contribution in [0.3, 0.4) is 0 Å². The second-order valence-corrected chi connectivity index (χ2v) is 5.59. The first-order valence-electron chi connectivity index (χ1n) is 6.46. The molecule has 0 spiro atoms. The SMILES string of the molecule is CCOC(=O)C1CNCCN1Cc1ccc([N+](=O)[O-])s1. The quantitative estimate of drug-likeness (QED) is 0.496. The number of rotatable bonds is 5. The number of nitrogens with one attached hydrogen (secondary N) is 1. The van der Waals surface area contributed by atoms with Gasteiger partial charge in [0.25, 0.3) is 0 Å². The molecular weight excluding hydrogens is 282 g/mol. The predicted molar refractivity (Wildman–Crippen MR) is 74.7 cm³/mol. The first-order valence-corrected chi connectivity index (χ1v) is 7.28. The molecule has 0 bridgehead atoms. The van der Waals surface area contributed by atoms with Gasteiger partial charge in [-0.1, -0.05) is 11.3 Å². The Kier molecular flexibility index (Phi) is 5.05. The number of nitro groups is 1. The normalized spacial score (nSPS) is 19.8. The Labute approximate surface area is 120 Å². The number of hydrogen-bond donors (Lipinski definition) is 1. The van der Waals surface area contributed by atoms with Crippen molar-refractivity contribution in [2.45, 2.75) is 19.5 Å². The molecule has 0 radical (unpaired) electrons. The molecule has 1 aliphatic rings. The molecule has 0 aromatic carbocycles. The summed E-state index contributed by atoms with van der Waals surface area (Å²) in [6, 6.07) is 2.92. The molecule has 1 aromatic heterocycles. The van der Waals surface area contributed by atoms with Gasteiger partial charge in [-0.2, -0.15) is 0 Å². The molecule has 7 nitrogen and oxygen atoms in total. The second kappa shape index (κ2) is 6.78. The molecule has 2 heterocycles. The van der Waals surface area contributed by atoms with Crippen LogP contribution in [0.25, 0.3) is 0 Å². The monoisotopic (exact) mass is 299 g/mol.